The van der Waals surface area contributed by atoms with Crippen molar-refractivity contribution in [2.45, 2.75) is 236 Å². The molecule has 1 aliphatic heterocycles. The van der Waals surface area contributed by atoms with Crippen LogP contribution in [0.15, 0.2) is 12.2 Å². The van der Waals surface area contributed by atoms with E-state index in [1.54, 1.807) is 6.08 Å². The van der Waals surface area contributed by atoms with Gasteiger partial charge in [0.25, 0.3) is 0 Å². The molecule has 1 rings (SSSR count). The highest BCUT2D eigenvalue weighted by Gasteiger charge is 2.44. The summed E-state index contributed by atoms with van der Waals surface area (Å²) in [5.41, 5.74) is 0. The Hall–Kier alpha value is -1.07. The Morgan fingerprint density at radius 3 is 1.53 bits per heavy atom. The number of amides is 1. The molecule has 6 N–H and O–H groups in total. The van der Waals surface area contributed by atoms with Crippen LogP contribution in [0.1, 0.15) is 194 Å². The molecule has 1 heterocycles. The highest BCUT2D eigenvalue weighted by atomic mass is 16.7. The molecule has 1 aliphatic rings. The van der Waals surface area contributed by atoms with E-state index in [1.807, 2.05) is 6.08 Å². The Kier molecular flexibility index (Phi) is 31.5. The number of unbranched alkanes of at least 4 members (excludes halogenated alkanes) is 25. The van der Waals surface area contributed by atoms with E-state index >= 15 is 0 Å². The summed E-state index contributed by atoms with van der Waals surface area (Å²) in [7, 11) is 0. The summed E-state index contributed by atoms with van der Waals surface area (Å²) < 4.78 is 11.2. The van der Waals surface area contributed by atoms with Gasteiger partial charge < -0.3 is 40.3 Å². The molecule has 7 atom stereocenters. The maximum atomic E-state index is 12.9. The Morgan fingerprint density at radius 1 is 0.647 bits per heavy atom. The van der Waals surface area contributed by atoms with Crippen molar-refractivity contribution < 1.29 is 39.8 Å². The lowest BCUT2D eigenvalue weighted by Crippen LogP contribution is -2.60. The van der Waals surface area contributed by atoms with Crippen LogP contribution in [0.3, 0.4) is 0 Å². The lowest BCUT2D eigenvalue weighted by Gasteiger charge is -2.40. The minimum Gasteiger partial charge on any atom is -0.394 e. The molecule has 9 nitrogen and oxygen atoms in total. The van der Waals surface area contributed by atoms with Gasteiger partial charge in [0.05, 0.1) is 25.4 Å². The van der Waals surface area contributed by atoms with E-state index in [1.165, 1.54) is 135 Å². The molecule has 0 aliphatic carbocycles. The third kappa shape index (κ3) is 24.8. The number of nitrogens with one attached hydrogen (secondary N) is 1. The molecule has 0 aromatic rings. The molecule has 1 fully saturated rings. The molecule has 302 valence electrons. The zero-order chi connectivity index (χ0) is 37.4. The van der Waals surface area contributed by atoms with Gasteiger partial charge in [0.1, 0.15) is 24.4 Å². The Labute approximate surface area is 312 Å². The van der Waals surface area contributed by atoms with E-state index in [-0.39, 0.29) is 12.5 Å². The maximum Gasteiger partial charge on any atom is 0.220 e. The molecule has 51 heavy (non-hydrogen) atoms. The van der Waals surface area contributed by atoms with Gasteiger partial charge in [0.15, 0.2) is 6.29 Å². The third-order valence-corrected chi connectivity index (χ3v) is 10.4. The first kappa shape index (κ1) is 48.0. The second-order valence-corrected chi connectivity index (χ2v) is 15.1. The predicted molar refractivity (Wildman–Crippen MR) is 207 cm³/mol. The third-order valence-electron chi connectivity index (χ3n) is 10.4. The molecule has 0 aromatic heterocycles. The summed E-state index contributed by atoms with van der Waals surface area (Å²) in [5.74, 6) is -0.176. The average Bonchev–Trinajstić information content (AvgIpc) is 3.13. The van der Waals surface area contributed by atoms with Gasteiger partial charge in [-0.3, -0.25) is 4.79 Å². The molecule has 1 saturated heterocycles. The van der Waals surface area contributed by atoms with Gasteiger partial charge in [-0.15, -0.1) is 0 Å². The fraction of sp³-hybridized carbons (Fsp3) is 0.929. The Balaban J connectivity index is 2.39. The van der Waals surface area contributed by atoms with Crippen molar-refractivity contribution >= 4 is 5.91 Å². The molecule has 0 bridgehead atoms. The average molecular weight is 728 g/mol. The summed E-state index contributed by atoms with van der Waals surface area (Å²) in [6, 6.07) is -0.796. The first-order chi connectivity index (χ1) is 24.8. The van der Waals surface area contributed by atoms with Crippen molar-refractivity contribution in [2.75, 3.05) is 13.2 Å². The number of hydrogen-bond donors (Lipinski definition) is 6. The van der Waals surface area contributed by atoms with Crippen molar-refractivity contribution in [3.8, 4) is 0 Å². The number of hydrogen-bond acceptors (Lipinski definition) is 8. The summed E-state index contributed by atoms with van der Waals surface area (Å²) >= 11 is 0. The summed E-state index contributed by atoms with van der Waals surface area (Å²) in [6.45, 7) is 3.76. The lowest BCUT2D eigenvalue weighted by molar-refractivity contribution is -0.302. The minimum absolute atomic E-state index is 0.176. The Bertz CT molecular complexity index is 812. The molecule has 1 amide bonds. The zero-order valence-electron chi connectivity index (χ0n) is 32.9. The fourth-order valence-electron chi connectivity index (χ4n) is 6.86. The number of aliphatic hydroxyl groups is 5. The topological polar surface area (TPSA) is 149 Å². The molecule has 0 unspecified atom stereocenters. The van der Waals surface area contributed by atoms with Crippen molar-refractivity contribution in [3.63, 3.8) is 0 Å². The van der Waals surface area contributed by atoms with Gasteiger partial charge in [0, 0.05) is 6.42 Å². The normalized spacial score (nSPS) is 22.1. The van der Waals surface area contributed by atoms with Crippen LogP contribution in [0, 0.1) is 0 Å². The smallest absolute Gasteiger partial charge is 0.220 e. The predicted octanol–water partition coefficient (Wildman–Crippen LogP) is 8.17. The second kappa shape index (κ2) is 33.5. The van der Waals surface area contributed by atoms with Crippen LogP contribution in [0.4, 0.5) is 0 Å². The first-order valence-electron chi connectivity index (χ1n) is 21.4. The first-order valence-corrected chi connectivity index (χ1v) is 21.4. The molecular formula is C42H81NO8. The van der Waals surface area contributed by atoms with Gasteiger partial charge in [0.2, 0.25) is 5.91 Å². The van der Waals surface area contributed by atoms with Gasteiger partial charge >= 0.3 is 0 Å². The van der Waals surface area contributed by atoms with Crippen molar-refractivity contribution in [2.24, 2.45) is 0 Å². The lowest BCUT2D eigenvalue weighted by atomic mass is 9.99. The summed E-state index contributed by atoms with van der Waals surface area (Å²) in [5, 5.41) is 54.0. The van der Waals surface area contributed by atoms with E-state index in [0.29, 0.717) is 6.42 Å². The van der Waals surface area contributed by atoms with Crippen LogP contribution in [0.5, 0.6) is 0 Å². The van der Waals surface area contributed by atoms with Crippen LogP contribution < -0.4 is 5.32 Å². The largest absolute Gasteiger partial charge is 0.394 e. The molecular weight excluding hydrogens is 646 g/mol. The van der Waals surface area contributed by atoms with E-state index in [0.717, 1.165) is 38.5 Å². The fourth-order valence-corrected chi connectivity index (χ4v) is 6.86. The van der Waals surface area contributed by atoms with Crippen molar-refractivity contribution in [1.82, 2.24) is 5.32 Å². The highest BCUT2D eigenvalue weighted by Crippen LogP contribution is 2.22. The van der Waals surface area contributed by atoms with Crippen LogP contribution >= 0.6 is 0 Å². The summed E-state index contributed by atoms with van der Waals surface area (Å²) in [4.78, 5) is 12.9. The molecule has 0 spiro atoms. The number of aliphatic hydroxyl groups excluding tert-OH is 5. The number of ether oxygens (including phenoxy) is 2. The monoisotopic (exact) mass is 728 g/mol. The molecule has 0 radical (unpaired) electrons. The standard InChI is InChI=1S/C42H81NO8/c1-3-5-7-9-11-13-15-17-18-20-22-24-26-28-30-32-38(46)43-35(34-50-42-41(49)40(48)39(47)37(33-44)51-42)36(45)31-29-27-25-23-21-19-16-14-12-10-8-6-4-2/h29,31,35-37,39-42,44-45,47-49H,3-28,30,32-34H2,1-2H3,(H,43,46)/b31-29+/t35-,36+,37+,39+,40-,41+,42+/m0/s1. The summed E-state index contributed by atoms with van der Waals surface area (Å²) in [6.07, 6.45) is 29.6. The van der Waals surface area contributed by atoms with Gasteiger partial charge in [-0.25, -0.2) is 0 Å². The SMILES string of the molecule is CCCCCCCCCCCCC/C=C/[C@@H](O)[C@H](CO[C@@H]1O[C@H](CO)[C@@H](O)[C@H](O)[C@H]1O)NC(=O)CCCCCCCCCCCCCCCCC. The van der Waals surface area contributed by atoms with E-state index in [4.69, 9.17) is 9.47 Å². The van der Waals surface area contributed by atoms with Gasteiger partial charge in [-0.05, 0) is 19.3 Å². The van der Waals surface area contributed by atoms with E-state index in [2.05, 4.69) is 19.2 Å². The number of carbonyl (C=O) groups excluding carboxylic acids is 1. The number of rotatable bonds is 35. The van der Waals surface area contributed by atoms with Crippen LogP contribution in [-0.4, -0.2) is 87.5 Å². The minimum atomic E-state index is -1.56. The number of allylic oxidation sites excluding steroid dienone is 1. The maximum absolute atomic E-state index is 12.9. The molecule has 0 aromatic carbocycles. The number of carbonyl (C=O) groups is 1. The van der Waals surface area contributed by atoms with Gasteiger partial charge in [-0.2, -0.15) is 0 Å². The molecule has 9 heteroatoms. The Morgan fingerprint density at radius 2 is 1.08 bits per heavy atom. The van der Waals surface area contributed by atoms with E-state index < -0.39 is 49.5 Å². The van der Waals surface area contributed by atoms with Crippen LogP contribution in [0.25, 0.3) is 0 Å². The van der Waals surface area contributed by atoms with E-state index in [9.17, 15) is 30.3 Å². The van der Waals surface area contributed by atoms with Gasteiger partial charge in [-0.1, -0.05) is 180 Å². The zero-order valence-corrected chi connectivity index (χ0v) is 32.9. The van der Waals surface area contributed by atoms with Crippen LogP contribution in [-0.2, 0) is 14.3 Å². The van der Waals surface area contributed by atoms with Crippen LogP contribution in [0.2, 0.25) is 0 Å². The quantitative estimate of drug-likeness (QED) is 0.0283. The van der Waals surface area contributed by atoms with Crippen molar-refractivity contribution in [1.29, 1.82) is 0 Å². The molecule has 0 saturated carbocycles. The second-order valence-electron chi connectivity index (χ2n) is 15.1. The van der Waals surface area contributed by atoms with Crippen molar-refractivity contribution in [3.05, 3.63) is 12.2 Å². The highest BCUT2D eigenvalue weighted by molar-refractivity contribution is 5.76.